The number of benzene rings is 1. The SMILES string of the molecule is Cc1ccc(/C=C2/SC3CCCCC3N(CC(=O)NCCN(CC(C)C)CC(C)C)C2=O)cc1. The molecule has 0 spiro atoms. The molecule has 0 bridgehead atoms. The summed E-state index contributed by atoms with van der Waals surface area (Å²) in [4.78, 5) is 31.4. The van der Waals surface area contributed by atoms with Crippen LogP contribution in [0.2, 0.25) is 0 Å². The smallest absolute Gasteiger partial charge is 0.261 e. The van der Waals surface area contributed by atoms with E-state index in [1.807, 2.05) is 11.0 Å². The number of hydrogen-bond acceptors (Lipinski definition) is 4. The average molecular weight is 486 g/mol. The van der Waals surface area contributed by atoms with E-state index in [1.54, 1.807) is 11.8 Å². The minimum Gasteiger partial charge on any atom is -0.353 e. The molecule has 34 heavy (non-hydrogen) atoms. The molecule has 1 saturated heterocycles. The van der Waals surface area contributed by atoms with Gasteiger partial charge in [-0.3, -0.25) is 9.59 Å². The summed E-state index contributed by atoms with van der Waals surface area (Å²) in [5.41, 5.74) is 2.24. The third kappa shape index (κ3) is 7.88. The predicted octanol–water partition coefficient (Wildman–Crippen LogP) is 4.95. The monoisotopic (exact) mass is 485 g/mol. The molecule has 0 aromatic heterocycles. The van der Waals surface area contributed by atoms with Gasteiger partial charge < -0.3 is 15.1 Å². The molecule has 1 saturated carbocycles. The topological polar surface area (TPSA) is 52.7 Å². The summed E-state index contributed by atoms with van der Waals surface area (Å²) in [6.07, 6.45) is 6.42. The van der Waals surface area contributed by atoms with Crippen LogP contribution in [0.3, 0.4) is 0 Å². The van der Waals surface area contributed by atoms with E-state index < -0.39 is 0 Å². The van der Waals surface area contributed by atoms with Crippen molar-refractivity contribution >= 4 is 29.7 Å². The molecular formula is C28H43N3O2S. The summed E-state index contributed by atoms with van der Waals surface area (Å²) >= 11 is 1.72. The van der Waals surface area contributed by atoms with Crippen molar-refractivity contribution in [1.82, 2.24) is 15.1 Å². The highest BCUT2D eigenvalue weighted by Gasteiger charge is 2.41. The Kier molecular flexibility index (Phi) is 10.1. The number of fused-ring (bicyclic) bond motifs is 1. The van der Waals surface area contributed by atoms with Gasteiger partial charge in [0, 0.05) is 37.5 Å². The van der Waals surface area contributed by atoms with E-state index >= 15 is 0 Å². The van der Waals surface area contributed by atoms with Crippen LogP contribution >= 0.6 is 11.8 Å². The third-order valence-corrected chi connectivity index (χ3v) is 7.90. The Morgan fingerprint density at radius 2 is 1.76 bits per heavy atom. The van der Waals surface area contributed by atoms with E-state index in [-0.39, 0.29) is 24.4 Å². The number of amides is 2. The lowest BCUT2D eigenvalue weighted by atomic mass is 9.93. The Morgan fingerprint density at radius 3 is 2.41 bits per heavy atom. The van der Waals surface area contributed by atoms with Gasteiger partial charge in [-0.1, -0.05) is 70.4 Å². The molecule has 2 fully saturated rings. The van der Waals surface area contributed by atoms with Crippen LogP contribution in [0.15, 0.2) is 29.2 Å². The summed E-state index contributed by atoms with van der Waals surface area (Å²) in [5, 5.41) is 3.47. The third-order valence-electron chi connectivity index (χ3n) is 6.50. The zero-order valence-corrected chi connectivity index (χ0v) is 22.5. The Labute approximate surface area is 210 Å². The van der Waals surface area contributed by atoms with Crippen molar-refractivity contribution in [1.29, 1.82) is 0 Å². The van der Waals surface area contributed by atoms with Crippen molar-refractivity contribution in [3.05, 3.63) is 40.3 Å². The second kappa shape index (κ2) is 12.8. The molecule has 188 valence electrons. The first-order valence-corrected chi connectivity index (χ1v) is 13.9. The van der Waals surface area contributed by atoms with E-state index in [2.05, 4.69) is 69.1 Å². The number of nitrogens with one attached hydrogen (secondary N) is 1. The number of nitrogens with zero attached hydrogens (tertiary/aromatic N) is 2. The van der Waals surface area contributed by atoms with E-state index in [4.69, 9.17) is 0 Å². The van der Waals surface area contributed by atoms with Crippen molar-refractivity contribution in [2.45, 2.75) is 71.6 Å². The molecule has 1 N–H and O–H groups in total. The van der Waals surface area contributed by atoms with E-state index in [9.17, 15) is 9.59 Å². The second-order valence-electron chi connectivity index (χ2n) is 10.8. The summed E-state index contributed by atoms with van der Waals surface area (Å²) < 4.78 is 0. The second-order valence-corrected chi connectivity index (χ2v) is 12.0. The lowest BCUT2D eigenvalue weighted by molar-refractivity contribution is -0.135. The van der Waals surface area contributed by atoms with Gasteiger partial charge in [-0.2, -0.15) is 0 Å². The van der Waals surface area contributed by atoms with Crippen molar-refractivity contribution < 1.29 is 9.59 Å². The predicted molar refractivity (Wildman–Crippen MR) is 144 cm³/mol. The van der Waals surface area contributed by atoms with Crippen LogP contribution in [0.1, 0.15) is 64.5 Å². The van der Waals surface area contributed by atoms with Gasteiger partial charge in [-0.15, -0.1) is 11.8 Å². The number of rotatable bonds is 10. The summed E-state index contributed by atoms with van der Waals surface area (Å²) in [5.74, 6) is 1.15. The number of carbonyl (C=O) groups is 2. The average Bonchev–Trinajstić information content (AvgIpc) is 2.77. The van der Waals surface area contributed by atoms with E-state index in [0.29, 0.717) is 23.6 Å². The number of thioether (sulfide) groups is 1. The van der Waals surface area contributed by atoms with Crippen LogP contribution in [0.25, 0.3) is 6.08 Å². The highest BCUT2D eigenvalue weighted by molar-refractivity contribution is 8.04. The molecule has 5 nitrogen and oxygen atoms in total. The Hall–Kier alpha value is -1.79. The maximum absolute atomic E-state index is 13.5. The van der Waals surface area contributed by atoms with Gasteiger partial charge in [-0.25, -0.2) is 0 Å². The number of aryl methyl sites for hydroxylation is 1. The largest absolute Gasteiger partial charge is 0.353 e. The molecule has 0 radical (unpaired) electrons. The van der Waals surface area contributed by atoms with Gasteiger partial charge in [0.15, 0.2) is 0 Å². The fourth-order valence-electron chi connectivity index (χ4n) is 5.03. The molecule has 3 rings (SSSR count). The molecule has 2 aliphatic rings. The van der Waals surface area contributed by atoms with Gasteiger partial charge in [-0.05, 0) is 43.2 Å². The maximum Gasteiger partial charge on any atom is 0.261 e. The summed E-state index contributed by atoms with van der Waals surface area (Å²) in [6.45, 7) is 14.7. The Morgan fingerprint density at radius 1 is 1.12 bits per heavy atom. The Balaban J connectivity index is 1.64. The molecule has 1 aromatic carbocycles. The van der Waals surface area contributed by atoms with Gasteiger partial charge in [0.25, 0.3) is 5.91 Å². The van der Waals surface area contributed by atoms with Crippen molar-refractivity contribution in [2.24, 2.45) is 11.8 Å². The normalized spacial score (nSPS) is 22.1. The molecule has 2 amide bonds. The van der Waals surface area contributed by atoms with Crippen LogP contribution < -0.4 is 5.32 Å². The molecule has 1 aliphatic carbocycles. The highest BCUT2D eigenvalue weighted by atomic mass is 32.2. The first-order valence-electron chi connectivity index (χ1n) is 13.0. The molecule has 2 atom stereocenters. The zero-order valence-electron chi connectivity index (χ0n) is 21.7. The summed E-state index contributed by atoms with van der Waals surface area (Å²) in [6, 6.07) is 8.41. The first-order chi connectivity index (χ1) is 16.2. The minimum atomic E-state index is -0.0479. The zero-order chi connectivity index (χ0) is 24.7. The minimum absolute atomic E-state index is 0.00474. The molecule has 2 unspecified atom stereocenters. The molecule has 1 aromatic rings. The first kappa shape index (κ1) is 26.8. The quantitative estimate of drug-likeness (QED) is 0.476. The van der Waals surface area contributed by atoms with Crippen molar-refractivity contribution in [3.63, 3.8) is 0 Å². The Bertz CT molecular complexity index is 840. The fraction of sp³-hybridized carbons (Fsp3) is 0.643. The van der Waals surface area contributed by atoms with Crippen molar-refractivity contribution in [2.75, 3.05) is 32.7 Å². The lowest BCUT2D eigenvalue weighted by Gasteiger charge is -2.43. The number of carbonyl (C=O) groups excluding carboxylic acids is 2. The van der Waals surface area contributed by atoms with Crippen LogP contribution in [0, 0.1) is 18.8 Å². The van der Waals surface area contributed by atoms with Gasteiger partial charge in [0.1, 0.15) is 6.54 Å². The van der Waals surface area contributed by atoms with Crippen LogP contribution in [-0.2, 0) is 9.59 Å². The standard InChI is InChI=1S/C28H43N3O2S/c1-20(2)17-30(18-21(3)4)15-14-29-27(32)19-31-24-8-6-7-9-25(24)34-26(28(31)33)16-23-12-10-22(5)11-13-23/h10-13,16,20-21,24-25H,6-9,14-15,17-19H2,1-5H3,(H,29,32)/b26-16+. The fourth-order valence-corrected chi connectivity index (χ4v) is 6.50. The van der Waals surface area contributed by atoms with E-state index in [1.165, 1.54) is 12.0 Å². The highest BCUT2D eigenvalue weighted by Crippen LogP contribution is 2.42. The molecule has 1 heterocycles. The van der Waals surface area contributed by atoms with Crippen LogP contribution in [0.5, 0.6) is 0 Å². The molecular weight excluding hydrogens is 442 g/mol. The van der Waals surface area contributed by atoms with E-state index in [0.717, 1.165) is 49.4 Å². The lowest BCUT2D eigenvalue weighted by Crippen LogP contribution is -2.54. The van der Waals surface area contributed by atoms with Crippen LogP contribution in [-0.4, -0.2) is 65.6 Å². The van der Waals surface area contributed by atoms with Gasteiger partial charge >= 0.3 is 0 Å². The van der Waals surface area contributed by atoms with Crippen LogP contribution in [0.4, 0.5) is 0 Å². The molecule has 1 aliphatic heterocycles. The summed E-state index contributed by atoms with van der Waals surface area (Å²) in [7, 11) is 0. The molecule has 6 heteroatoms. The van der Waals surface area contributed by atoms with Crippen molar-refractivity contribution in [3.8, 4) is 0 Å². The van der Waals surface area contributed by atoms with Gasteiger partial charge in [0.05, 0.1) is 4.91 Å². The van der Waals surface area contributed by atoms with Gasteiger partial charge in [0.2, 0.25) is 5.91 Å². The maximum atomic E-state index is 13.5. The number of hydrogen-bond donors (Lipinski definition) is 1.